The number of fused-ring (bicyclic) bond motifs is 1. The maximum atomic E-state index is 12.2. The zero-order valence-corrected chi connectivity index (χ0v) is 21.7. The summed E-state index contributed by atoms with van der Waals surface area (Å²) in [5.41, 5.74) is 8.45. The number of piperidine rings is 1. The topological polar surface area (TPSA) is 95.0 Å². The van der Waals surface area contributed by atoms with Gasteiger partial charge in [-0.05, 0) is 61.4 Å². The van der Waals surface area contributed by atoms with Gasteiger partial charge in [-0.2, -0.15) is 0 Å². The fourth-order valence-electron chi connectivity index (χ4n) is 4.63. The van der Waals surface area contributed by atoms with Gasteiger partial charge in [-0.25, -0.2) is 9.50 Å². The summed E-state index contributed by atoms with van der Waals surface area (Å²) in [5, 5.41) is 5.91. The van der Waals surface area contributed by atoms with E-state index >= 15 is 0 Å². The molecule has 2 aromatic heterocycles. The standard InChI is InChI=1S/C27H25Cl2N5O3/c1-3-24(35)33-11-5-6-17(15-33)25-20(29)14-21-26(30)31-27(32-34(21)25)16-9-10-22(23(12-16)36-2)37-19-8-4-7-18(28)13-19/h3-4,7-10,12-14,17H,1,5-6,11,15H2,2H3,(H2,30,31,32). The summed E-state index contributed by atoms with van der Waals surface area (Å²) >= 11 is 12.8. The highest BCUT2D eigenvalue weighted by Crippen LogP contribution is 2.38. The molecule has 10 heteroatoms. The molecule has 5 rings (SSSR count). The summed E-state index contributed by atoms with van der Waals surface area (Å²) < 4.78 is 13.3. The number of nitrogen functional groups attached to an aromatic ring is 1. The van der Waals surface area contributed by atoms with Crippen LogP contribution in [0.4, 0.5) is 5.82 Å². The molecule has 0 saturated carbocycles. The molecule has 3 heterocycles. The number of likely N-dealkylation sites (tertiary alicyclic amines) is 1. The van der Waals surface area contributed by atoms with E-state index in [1.54, 1.807) is 46.9 Å². The molecule has 0 aliphatic carbocycles. The van der Waals surface area contributed by atoms with Crippen molar-refractivity contribution in [1.82, 2.24) is 19.5 Å². The summed E-state index contributed by atoms with van der Waals surface area (Å²) in [6.07, 6.45) is 3.06. The number of hydrogen-bond acceptors (Lipinski definition) is 6. The monoisotopic (exact) mass is 537 g/mol. The van der Waals surface area contributed by atoms with Gasteiger partial charge in [0.25, 0.3) is 0 Å². The Balaban J connectivity index is 1.52. The number of carbonyl (C=O) groups excluding carboxylic acids is 1. The van der Waals surface area contributed by atoms with E-state index in [-0.39, 0.29) is 11.8 Å². The maximum Gasteiger partial charge on any atom is 0.245 e. The Bertz CT molecular complexity index is 1500. The van der Waals surface area contributed by atoms with Crippen LogP contribution in [0.15, 0.2) is 61.2 Å². The molecule has 190 valence electrons. The lowest BCUT2D eigenvalue weighted by Gasteiger charge is -2.32. The summed E-state index contributed by atoms with van der Waals surface area (Å²) in [6.45, 7) is 4.83. The van der Waals surface area contributed by atoms with E-state index in [1.165, 1.54) is 6.08 Å². The van der Waals surface area contributed by atoms with Crippen LogP contribution in [0, 0.1) is 0 Å². The fraction of sp³-hybridized carbons (Fsp3) is 0.222. The van der Waals surface area contributed by atoms with Gasteiger partial charge in [-0.3, -0.25) is 4.79 Å². The zero-order chi connectivity index (χ0) is 26.1. The van der Waals surface area contributed by atoms with Crippen LogP contribution in [0.3, 0.4) is 0 Å². The van der Waals surface area contributed by atoms with Crippen molar-refractivity contribution < 1.29 is 14.3 Å². The van der Waals surface area contributed by atoms with Crippen molar-refractivity contribution in [2.75, 3.05) is 25.9 Å². The van der Waals surface area contributed by atoms with Gasteiger partial charge in [0.1, 0.15) is 11.3 Å². The second-order valence-corrected chi connectivity index (χ2v) is 9.59. The van der Waals surface area contributed by atoms with Gasteiger partial charge in [-0.1, -0.05) is 35.8 Å². The van der Waals surface area contributed by atoms with Crippen LogP contribution in [-0.4, -0.2) is 45.6 Å². The molecule has 0 radical (unpaired) electrons. The molecule has 8 nitrogen and oxygen atoms in total. The Morgan fingerprint density at radius 1 is 1.19 bits per heavy atom. The van der Waals surface area contributed by atoms with Gasteiger partial charge < -0.3 is 20.1 Å². The number of anilines is 1. The molecule has 37 heavy (non-hydrogen) atoms. The summed E-state index contributed by atoms with van der Waals surface area (Å²) in [5.74, 6) is 2.20. The third kappa shape index (κ3) is 4.95. The summed E-state index contributed by atoms with van der Waals surface area (Å²) in [6, 6.07) is 14.3. The lowest BCUT2D eigenvalue weighted by atomic mass is 9.95. The van der Waals surface area contributed by atoms with Crippen LogP contribution in [-0.2, 0) is 4.79 Å². The molecule has 1 aliphatic rings. The number of rotatable bonds is 6. The molecule has 1 saturated heterocycles. The predicted octanol–water partition coefficient (Wildman–Crippen LogP) is 5.98. The van der Waals surface area contributed by atoms with Crippen LogP contribution < -0.4 is 15.2 Å². The Morgan fingerprint density at radius 3 is 2.78 bits per heavy atom. The highest BCUT2D eigenvalue weighted by molar-refractivity contribution is 6.32. The number of benzene rings is 2. The molecule has 1 amide bonds. The van der Waals surface area contributed by atoms with Gasteiger partial charge in [-0.15, -0.1) is 5.10 Å². The lowest BCUT2D eigenvalue weighted by molar-refractivity contribution is -0.127. The van der Waals surface area contributed by atoms with Crippen LogP contribution in [0.5, 0.6) is 17.2 Å². The van der Waals surface area contributed by atoms with Gasteiger partial charge in [0.2, 0.25) is 5.91 Å². The van der Waals surface area contributed by atoms with Crippen molar-refractivity contribution in [2.45, 2.75) is 18.8 Å². The first-order valence-corrected chi connectivity index (χ1v) is 12.5. The largest absolute Gasteiger partial charge is 0.493 e. The van der Waals surface area contributed by atoms with Crippen LogP contribution in [0.2, 0.25) is 10.0 Å². The summed E-state index contributed by atoms with van der Waals surface area (Å²) in [4.78, 5) is 18.5. The average Bonchev–Trinajstić information content (AvgIpc) is 3.24. The van der Waals surface area contributed by atoms with Crippen molar-refractivity contribution >= 4 is 40.4 Å². The Morgan fingerprint density at radius 2 is 2.03 bits per heavy atom. The van der Waals surface area contributed by atoms with Gasteiger partial charge in [0, 0.05) is 29.6 Å². The predicted molar refractivity (Wildman–Crippen MR) is 145 cm³/mol. The zero-order valence-electron chi connectivity index (χ0n) is 20.2. The quantitative estimate of drug-likeness (QED) is 0.304. The van der Waals surface area contributed by atoms with E-state index in [4.69, 9.17) is 43.5 Å². The second kappa shape index (κ2) is 10.3. The molecule has 1 unspecified atom stereocenters. The Kier molecular flexibility index (Phi) is 6.95. The first-order chi connectivity index (χ1) is 17.9. The average molecular weight is 538 g/mol. The van der Waals surface area contributed by atoms with Gasteiger partial charge in [0.05, 0.1) is 17.8 Å². The van der Waals surface area contributed by atoms with E-state index in [1.807, 2.05) is 18.2 Å². The number of methoxy groups -OCH3 is 1. The number of hydrogen-bond donors (Lipinski definition) is 1. The molecule has 4 aromatic rings. The van der Waals surface area contributed by atoms with Crippen molar-refractivity contribution in [3.8, 4) is 28.6 Å². The molecule has 2 N–H and O–H groups in total. The smallest absolute Gasteiger partial charge is 0.245 e. The van der Waals surface area contributed by atoms with E-state index in [9.17, 15) is 4.79 Å². The van der Waals surface area contributed by atoms with Gasteiger partial charge in [0.15, 0.2) is 23.1 Å². The number of nitrogens with zero attached hydrogens (tertiary/aromatic N) is 4. The highest BCUT2D eigenvalue weighted by Gasteiger charge is 2.29. The lowest BCUT2D eigenvalue weighted by Crippen LogP contribution is -2.38. The summed E-state index contributed by atoms with van der Waals surface area (Å²) in [7, 11) is 1.56. The third-order valence-corrected chi connectivity index (χ3v) is 6.93. The minimum Gasteiger partial charge on any atom is -0.493 e. The van der Waals surface area contributed by atoms with Crippen molar-refractivity contribution in [3.63, 3.8) is 0 Å². The van der Waals surface area contributed by atoms with Crippen molar-refractivity contribution in [2.24, 2.45) is 0 Å². The normalized spacial score (nSPS) is 15.5. The minimum absolute atomic E-state index is 0.00203. The second-order valence-electron chi connectivity index (χ2n) is 8.75. The molecular formula is C27H25Cl2N5O3. The van der Waals surface area contributed by atoms with E-state index in [0.29, 0.717) is 63.1 Å². The number of halogens is 2. The Hall–Kier alpha value is -3.75. The van der Waals surface area contributed by atoms with Crippen LogP contribution >= 0.6 is 23.2 Å². The van der Waals surface area contributed by atoms with Gasteiger partial charge >= 0.3 is 0 Å². The fourth-order valence-corrected chi connectivity index (χ4v) is 5.15. The number of nitrogens with two attached hydrogens (primary N) is 1. The third-order valence-electron chi connectivity index (χ3n) is 6.39. The number of amides is 1. The molecule has 1 aliphatic heterocycles. The molecule has 2 aromatic carbocycles. The Labute approximate surface area is 224 Å². The van der Waals surface area contributed by atoms with E-state index in [0.717, 1.165) is 18.5 Å². The molecule has 0 bridgehead atoms. The number of ether oxygens (including phenoxy) is 2. The number of aromatic nitrogens is 3. The molecule has 0 spiro atoms. The van der Waals surface area contributed by atoms with Crippen LogP contribution in [0.1, 0.15) is 24.5 Å². The molecule has 1 fully saturated rings. The molecular weight excluding hydrogens is 513 g/mol. The first-order valence-electron chi connectivity index (χ1n) is 11.8. The number of carbonyl (C=O) groups is 1. The first kappa shape index (κ1) is 24.9. The van der Waals surface area contributed by atoms with Crippen molar-refractivity contribution in [3.05, 3.63) is 76.9 Å². The molecule has 1 atom stereocenters. The SMILES string of the molecule is C=CC(=O)N1CCCC(c2c(Cl)cc3c(N)nc(-c4ccc(Oc5cccc(Cl)c5)c(OC)c4)nn23)C1. The van der Waals surface area contributed by atoms with E-state index in [2.05, 4.69) is 11.6 Å². The van der Waals surface area contributed by atoms with Crippen molar-refractivity contribution in [1.29, 1.82) is 0 Å². The minimum atomic E-state index is -0.0938. The van der Waals surface area contributed by atoms with Crippen LogP contribution in [0.25, 0.3) is 16.9 Å². The van der Waals surface area contributed by atoms with E-state index < -0.39 is 0 Å². The highest BCUT2D eigenvalue weighted by atomic mass is 35.5. The maximum absolute atomic E-state index is 12.2.